The van der Waals surface area contributed by atoms with Gasteiger partial charge in [-0.05, 0) is 25.1 Å². The number of nitrogens with one attached hydrogen (secondary N) is 1. The van der Waals surface area contributed by atoms with E-state index >= 15 is 0 Å². The highest BCUT2D eigenvalue weighted by atomic mass is 16.5. The van der Waals surface area contributed by atoms with E-state index in [0.717, 1.165) is 29.1 Å². The highest BCUT2D eigenvalue weighted by molar-refractivity contribution is 5.78. The summed E-state index contributed by atoms with van der Waals surface area (Å²) >= 11 is 0. The molecule has 5 nitrogen and oxygen atoms in total. The van der Waals surface area contributed by atoms with Crippen LogP contribution in [-0.4, -0.2) is 17.6 Å². The summed E-state index contributed by atoms with van der Waals surface area (Å²) in [6.45, 7) is 3.13. The summed E-state index contributed by atoms with van der Waals surface area (Å²) in [4.78, 5) is 8.80. The second kappa shape index (κ2) is 6.47. The number of hydrogen-bond acceptors (Lipinski definition) is 3. The van der Waals surface area contributed by atoms with E-state index in [-0.39, 0.29) is 6.04 Å². The lowest BCUT2D eigenvalue weighted by Crippen LogP contribution is -2.37. The third-order valence-corrected chi connectivity index (χ3v) is 3.64. The van der Waals surface area contributed by atoms with Crippen LogP contribution in [0.15, 0.2) is 47.5 Å². The Bertz CT molecular complexity index is 684. The van der Waals surface area contributed by atoms with E-state index in [1.54, 1.807) is 0 Å². The van der Waals surface area contributed by atoms with Gasteiger partial charge in [0.15, 0.2) is 5.96 Å². The number of nitrogens with zero attached hydrogens (tertiary/aromatic N) is 2. The molecule has 0 fully saturated rings. The fraction of sp³-hybridized carbons (Fsp3) is 0.294. The average molecular weight is 296 g/mol. The molecule has 0 radical (unpaired) electrons. The van der Waals surface area contributed by atoms with Crippen molar-refractivity contribution < 1.29 is 4.74 Å². The van der Waals surface area contributed by atoms with E-state index < -0.39 is 0 Å². The minimum Gasteiger partial charge on any atom is -0.493 e. The first kappa shape index (κ1) is 14.4. The zero-order valence-corrected chi connectivity index (χ0v) is 12.6. The number of nitrogens with two attached hydrogens (primary N) is 1. The van der Waals surface area contributed by atoms with Crippen molar-refractivity contribution in [1.82, 2.24) is 10.3 Å². The monoisotopic (exact) mass is 296 g/mol. The molecule has 0 saturated heterocycles. The number of aliphatic imine (C=N–C) groups is 1. The summed E-state index contributed by atoms with van der Waals surface area (Å²) in [7, 11) is 0. The number of para-hydroxylation sites is 1. The van der Waals surface area contributed by atoms with Gasteiger partial charge in [-0.2, -0.15) is 0 Å². The number of benzene rings is 1. The van der Waals surface area contributed by atoms with Gasteiger partial charge in [-0.15, -0.1) is 0 Å². The summed E-state index contributed by atoms with van der Waals surface area (Å²) in [5.74, 6) is 1.35. The van der Waals surface area contributed by atoms with Crippen LogP contribution in [0.1, 0.15) is 29.4 Å². The first-order chi connectivity index (χ1) is 10.7. The molecule has 5 heteroatoms. The Hall–Kier alpha value is -2.56. The smallest absolute Gasteiger partial charge is 0.189 e. The van der Waals surface area contributed by atoms with Crippen molar-refractivity contribution in [3.05, 3.63) is 59.4 Å². The van der Waals surface area contributed by atoms with Gasteiger partial charge in [0.2, 0.25) is 0 Å². The number of rotatable bonds is 3. The Morgan fingerprint density at radius 2 is 2.18 bits per heavy atom. The predicted octanol–water partition coefficient (Wildman–Crippen LogP) is 2.32. The van der Waals surface area contributed by atoms with Crippen LogP contribution in [0.2, 0.25) is 0 Å². The third-order valence-electron chi connectivity index (χ3n) is 3.64. The number of aromatic nitrogens is 1. The van der Waals surface area contributed by atoms with Crippen molar-refractivity contribution >= 4 is 5.96 Å². The maximum absolute atomic E-state index is 6.02. The van der Waals surface area contributed by atoms with Gasteiger partial charge in [0.25, 0.3) is 0 Å². The van der Waals surface area contributed by atoms with E-state index in [1.165, 1.54) is 0 Å². The number of guanidine groups is 1. The predicted molar refractivity (Wildman–Crippen MR) is 86.7 cm³/mol. The lowest BCUT2D eigenvalue weighted by atomic mass is 10.0. The second-order valence-corrected chi connectivity index (χ2v) is 5.34. The van der Waals surface area contributed by atoms with Crippen LogP contribution in [0.25, 0.3) is 0 Å². The number of hydrogen-bond donors (Lipinski definition) is 2. The van der Waals surface area contributed by atoms with Crippen LogP contribution < -0.4 is 15.8 Å². The Balaban J connectivity index is 1.67. The summed E-state index contributed by atoms with van der Waals surface area (Å²) in [5, 5.41) is 3.28. The number of aryl methyl sites for hydroxylation is 1. The van der Waals surface area contributed by atoms with Crippen molar-refractivity contribution in [1.29, 1.82) is 0 Å². The molecule has 1 unspecified atom stereocenters. The molecule has 0 aliphatic carbocycles. The largest absolute Gasteiger partial charge is 0.493 e. The standard InChI is InChI=1S/C17H20N4O/c1-12-5-4-6-13(20-12)11-19-17(18)21-15-9-10-22-16-8-3-2-7-14(15)16/h2-8,15H,9-11H2,1H3,(H3,18,19,21). The molecule has 1 aliphatic heterocycles. The van der Waals surface area contributed by atoms with Crippen molar-refractivity contribution in [3.63, 3.8) is 0 Å². The first-order valence-corrected chi connectivity index (χ1v) is 7.43. The number of fused-ring (bicyclic) bond motifs is 1. The van der Waals surface area contributed by atoms with Gasteiger partial charge >= 0.3 is 0 Å². The molecule has 22 heavy (non-hydrogen) atoms. The Kier molecular flexibility index (Phi) is 4.23. The second-order valence-electron chi connectivity index (χ2n) is 5.34. The zero-order chi connectivity index (χ0) is 15.4. The van der Waals surface area contributed by atoms with Crippen molar-refractivity contribution in [2.75, 3.05) is 6.61 Å². The molecule has 1 aromatic heterocycles. The van der Waals surface area contributed by atoms with E-state index in [0.29, 0.717) is 19.1 Å². The SMILES string of the molecule is Cc1cccc(CN=C(N)NC2CCOc3ccccc32)n1. The minimum absolute atomic E-state index is 0.138. The molecule has 0 spiro atoms. The van der Waals surface area contributed by atoms with E-state index in [1.807, 2.05) is 43.3 Å². The van der Waals surface area contributed by atoms with Gasteiger partial charge in [-0.3, -0.25) is 4.98 Å². The molecule has 2 aromatic rings. The Morgan fingerprint density at radius 1 is 1.32 bits per heavy atom. The molecule has 0 saturated carbocycles. The Labute approximate surface area is 130 Å². The summed E-state index contributed by atoms with van der Waals surface area (Å²) < 4.78 is 5.65. The van der Waals surface area contributed by atoms with E-state index in [2.05, 4.69) is 21.4 Å². The average Bonchev–Trinajstić information content (AvgIpc) is 2.53. The van der Waals surface area contributed by atoms with Gasteiger partial charge in [0, 0.05) is 17.7 Å². The van der Waals surface area contributed by atoms with Crippen LogP contribution in [0.5, 0.6) is 5.75 Å². The molecule has 1 aromatic carbocycles. The van der Waals surface area contributed by atoms with Crippen LogP contribution in [0, 0.1) is 6.92 Å². The van der Waals surface area contributed by atoms with Crippen molar-refractivity contribution in [2.45, 2.75) is 25.9 Å². The topological polar surface area (TPSA) is 72.5 Å². The molecule has 0 amide bonds. The summed E-state index contributed by atoms with van der Waals surface area (Å²) in [6, 6.07) is 14.1. The molecule has 3 rings (SSSR count). The summed E-state index contributed by atoms with van der Waals surface area (Å²) in [6.07, 6.45) is 0.871. The van der Waals surface area contributed by atoms with Crippen LogP contribution in [0.3, 0.4) is 0 Å². The van der Waals surface area contributed by atoms with Gasteiger partial charge in [-0.1, -0.05) is 24.3 Å². The molecular formula is C17H20N4O. The van der Waals surface area contributed by atoms with Crippen molar-refractivity contribution in [3.8, 4) is 5.75 Å². The van der Waals surface area contributed by atoms with Crippen LogP contribution in [0.4, 0.5) is 0 Å². The molecule has 1 atom stereocenters. The fourth-order valence-corrected chi connectivity index (χ4v) is 2.57. The normalized spacial score (nSPS) is 17.5. The van der Waals surface area contributed by atoms with Crippen LogP contribution >= 0.6 is 0 Å². The highest BCUT2D eigenvalue weighted by Gasteiger charge is 2.21. The maximum atomic E-state index is 6.02. The molecule has 114 valence electrons. The number of pyridine rings is 1. The minimum atomic E-state index is 0.138. The van der Waals surface area contributed by atoms with Gasteiger partial charge < -0.3 is 15.8 Å². The van der Waals surface area contributed by atoms with Gasteiger partial charge in [0.1, 0.15) is 5.75 Å². The maximum Gasteiger partial charge on any atom is 0.189 e. The quantitative estimate of drug-likeness (QED) is 0.673. The Morgan fingerprint density at radius 3 is 3.05 bits per heavy atom. The molecule has 3 N–H and O–H groups in total. The van der Waals surface area contributed by atoms with E-state index in [4.69, 9.17) is 10.5 Å². The zero-order valence-electron chi connectivity index (χ0n) is 12.6. The third kappa shape index (κ3) is 3.36. The van der Waals surface area contributed by atoms with Gasteiger partial charge in [-0.25, -0.2) is 4.99 Å². The highest BCUT2D eigenvalue weighted by Crippen LogP contribution is 2.31. The molecule has 0 bridgehead atoms. The number of ether oxygens (including phenoxy) is 1. The van der Waals surface area contributed by atoms with Gasteiger partial charge in [0.05, 0.1) is 24.9 Å². The first-order valence-electron chi connectivity index (χ1n) is 7.43. The fourth-order valence-electron chi connectivity index (χ4n) is 2.57. The molecule has 1 aliphatic rings. The lowest BCUT2D eigenvalue weighted by molar-refractivity contribution is 0.262. The molecular weight excluding hydrogens is 276 g/mol. The molecule has 2 heterocycles. The van der Waals surface area contributed by atoms with Crippen molar-refractivity contribution in [2.24, 2.45) is 10.7 Å². The summed E-state index contributed by atoms with van der Waals surface area (Å²) in [5.41, 5.74) is 9.04. The van der Waals surface area contributed by atoms with E-state index in [9.17, 15) is 0 Å². The van der Waals surface area contributed by atoms with Crippen LogP contribution in [-0.2, 0) is 6.54 Å². The lowest BCUT2D eigenvalue weighted by Gasteiger charge is -2.26.